The van der Waals surface area contributed by atoms with Gasteiger partial charge in [-0.1, -0.05) is 11.6 Å². The van der Waals surface area contributed by atoms with Crippen LogP contribution in [0.4, 0.5) is 17.3 Å². The second-order valence-corrected chi connectivity index (χ2v) is 8.84. The van der Waals surface area contributed by atoms with E-state index in [2.05, 4.69) is 36.6 Å². The second kappa shape index (κ2) is 11.4. The Morgan fingerprint density at radius 2 is 1.97 bits per heavy atom. The van der Waals surface area contributed by atoms with Gasteiger partial charge in [0.2, 0.25) is 10.7 Å². The molecule has 9 nitrogen and oxygen atoms in total. The van der Waals surface area contributed by atoms with Crippen LogP contribution in [0.2, 0.25) is 5.02 Å². The summed E-state index contributed by atoms with van der Waals surface area (Å²) in [6, 6.07) is 3.76. The third kappa shape index (κ3) is 5.99. The molecule has 0 bridgehead atoms. The number of benzene rings is 1. The number of anilines is 3. The number of aromatic nitrogens is 3. The SMILES string of the molecule is N=Cc1c(NC2CCCCO2)ccc(Nc2nc(Br)nn2CCOC2CCCCO2)c1Cl. The van der Waals surface area contributed by atoms with Crippen LogP contribution in [0, 0.1) is 5.41 Å². The minimum Gasteiger partial charge on any atom is -0.360 e. The van der Waals surface area contributed by atoms with Gasteiger partial charge >= 0.3 is 0 Å². The number of rotatable bonds is 9. The lowest BCUT2D eigenvalue weighted by Gasteiger charge is -2.25. The van der Waals surface area contributed by atoms with E-state index < -0.39 is 0 Å². The molecule has 2 fully saturated rings. The van der Waals surface area contributed by atoms with Gasteiger partial charge in [0.1, 0.15) is 6.23 Å². The van der Waals surface area contributed by atoms with Gasteiger partial charge in [-0.05, 0) is 66.6 Å². The Bertz CT molecular complexity index is 915. The number of hydrogen-bond acceptors (Lipinski definition) is 8. The van der Waals surface area contributed by atoms with Gasteiger partial charge in [0.25, 0.3) is 0 Å². The number of nitrogens with zero attached hydrogens (tertiary/aromatic N) is 3. The van der Waals surface area contributed by atoms with Crippen LogP contribution >= 0.6 is 27.5 Å². The van der Waals surface area contributed by atoms with E-state index in [1.807, 2.05) is 12.1 Å². The maximum atomic E-state index is 7.87. The zero-order chi connectivity index (χ0) is 22.3. The zero-order valence-electron chi connectivity index (χ0n) is 17.8. The summed E-state index contributed by atoms with van der Waals surface area (Å²) in [5, 5.41) is 19.3. The van der Waals surface area contributed by atoms with Crippen LogP contribution in [-0.4, -0.2) is 53.3 Å². The van der Waals surface area contributed by atoms with E-state index in [0.717, 1.165) is 57.4 Å². The van der Waals surface area contributed by atoms with Crippen LogP contribution in [-0.2, 0) is 20.8 Å². The molecule has 2 aromatic rings. The molecule has 174 valence electrons. The van der Waals surface area contributed by atoms with E-state index >= 15 is 0 Å². The molecule has 2 saturated heterocycles. The van der Waals surface area contributed by atoms with Crippen molar-refractivity contribution in [3.05, 3.63) is 27.5 Å². The summed E-state index contributed by atoms with van der Waals surface area (Å²) in [7, 11) is 0. The fourth-order valence-corrected chi connectivity index (χ4v) is 4.41. The van der Waals surface area contributed by atoms with Crippen molar-refractivity contribution in [1.29, 1.82) is 5.41 Å². The lowest BCUT2D eigenvalue weighted by atomic mass is 10.1. The first-order valence-electron chi connectivity index (χ1n) is 11.0. The molecule has 0 saturated carbocycles. The molecule has 0 amide bonds. The van der Waals surface area contributed by atoms with Gasteiger partial charge in [-0.25, -0.2) is 4.68 Å². The van der Waals surface area contributed by atoms with Crippen molar-refractivity contribution in [1.82, 2.24) is 14.8 Å². The van der Waals surface area contributed by atoms with Crippen LogP contribution in [0.1, 0.15) is 44.1 Å². The molecule has 2 unspecified atom stereocenters. The lowest BCUT2D eigenvalue weighted by Crippen LogP contribution is -2.27. The summed E-state index contributed by atoms with van der Waals surface area (Å²) in [4.78, 5) is 4.40. The average molecular weight is 528 g/mol. The topological polar surface area (TPSA) is 106 Å². The maximum absolute atomic E-state index is 7.87. The molecular formula is C21H28BrClN6O3. The van der Waals surface area contributed by atoms with Gasteiger partial charge < -0.3 is 30.3 Å². The Labute approximate surface area is 200 Å². The van der Waals surface area contributed by atoms with Crippen LogP contribution in [0.5, 0.6) is 0 Å². The van der Waals surface area contributed by atoms with Gasteiger partial charge in [-0.15, -0.1) is 5.10 Å². The Hall–Kier alpha value is -1.72. The third-order valence-corrected chi connectivity index (χ3v) is 6.20. The summed E-state index contributed by atoms with van der Waals surface area (Å²) in [5.41, 5.74) is 2.00. The number of hydrogen-bond donors (Lipinski definition) is 3. The smallest absolute Gasteiger partial charge is 0.226 e. The molecule has 0 spiro atoms. The predicted molar refractivity (Wildman–Crippen MR) is 127 cm³/mol. The van der Waals surface area contributed by atoms with E-state index in [1.54, 1.807) is 4.68 Å². The van der Waals surface area contributed by atoms with E-state index in [9.17, 15) is 0 Å². The summed E-state index contributed by atoms with van der Waals surface area (Å²) < 4.78 is 19.4. The fraction of sp³-hybridized carbons (Fsp3) is 0.571. The fourth-order valence-electron chi connectivity index (χ4n) is 3.78. The van der Waals surface area contributed by atoms with Gasteiger partial charge in [0.05, 0.1) is 23.9 Å². The molecule has 3 heterocycles. The van der Waals surface area contributed by atoms with Gasteiger partial charge in [0, 0.05) is 30.7 Å². The first-order chi connectivity index (χ1) is 15.6. The molecule has 0 radical (unpaired) electrons. The highest BCUT2D eigenvalue weighted by molar-refractivity contribution is 9.10. The Morgan fingerprint density at radius 3 is 2.69 bits per heavy atom. The monoisotopic (exact) mass is 526 g/mol. The Kier molecular flexibility index (Phi) is 8.37. The molecular weight excluding hydrogens is 500 g/mol. The van der Waals surface area contributed by atoms with Crippen molar-refractivity contribution in [3.8, 4) is 0 Å². The van der Waals surface area contributed by atoms with Crippen molar-refractivity contribution in [2.24, 2.45) is 0 Å². The van der Waals surface area contributed by atoms with Crippen molar-refractivity contribution in [3.63, 3.8) is 0 Å². The average Bonchev–Trinajstić information content (AvgIpc) is 3.16. The summed E-state index contributed by atoms with van der Waals surface area (Å²) in [6.07, 6.45) is 7.29. The molecule has 4 rings (SSSR count). The van der Waals surface area contributed by atoms with Crippen molar-refractivity contribution in [2.75, 3.05) is 30.5 Å². The Morgan fingerprint density at radius 1 is 1.19 bits per heavy atom. The van der Waals surface area contributed by atoms with E-state index in [-0.39, 0.29) is 12.5 Å². The van der Waals surface area contributed by atoms with E-state index in [0.29, 0.717) is 40.1 Å². The lowest BCUT2D eigenvalue weighted by molar-refractivity contribution is -0.163. The molecule has 2 aliphatic rings. The van der Waals surface area contributed by atoms with Gasteiger partial charge in [-0.3, -0.25) is 0 Å². The third-order valence-electron chi connectivity index (χ3n) is 5.46. The van der Waals surface area contributed by atoms with Gasteiger partial charge in [0.15, 0.2) is 6.29 Å². The van der Waals surface area contributed by atoms with E-state index in [4.69, 9.17) is 31.2 Å². The van der Waals surface area contributed by atoms with Gasteiger partial charge in [-0.2, -0.15) is 4.98 Å². The Balaban J connectivity index is 1.43. The summed E-state index contributed by atoms with van der Waals surface area (Å²) in [5.74, 6) is 0.527. The highest BCUT2D eigenvalue weighted by Gasteiger charge is 2.19. The number of nitrogens with one attached hydrogen (secondary N) is 3. The molecule has 1 aromatic heterocycles. The minimum absolute atomic E-state index is 0.0653. The first kappa shape index (κ1) is 23.4. The highest BCUT2D eigenvalue weighted by Crippen LogP contribution is 2.33. The van der Waals surface area contributed by atoms with Crippen LogP contribution in [0.25, 0.3) is 0 Å². The molecule has 11 heteroatoms. The summed E-state index contributed by atoms with van der Waals surface area (Å²) in [6.45, 7) is 2.46. The van der Waals surface area contributed by atoms with Crippen LogP contribution in [0.3, 0.4) is 0 Å². The molecule has 2 aliphatic heterocycles. The molecule has 1 aromatic carbocycles. The number of ether oxygens (including phenoxy) is 3. The molecule has 0 aliphatic carbocycles. The van der Waals surface area contributed by atoms with Crippen molar-refractivity contribution in [2.45, 2.75) is 57.6 Å². The standard InChI is InChI=1S/C21H28BrClN6O3/c22-20-27-21(29(28-20)9-12-32-18-6-2-4-11-31-18)26-16-8-7-15(14(13-24)19(16)23)25-17-5-1-3-10-30-17/h7-8,13,17-18,24-25H,1-6,9-12H2,(H,26,27,28). The van der Waals surface area contributed by atoms with Crippen LogP contribution in [0.15, 0.2) is 16.9 Å². The zero-order valence-corrected chi connectivity index (χ0v) is 20.1. The maximum Gasteiger partial charge on any atom is 0.226 e. The molecule has 3 N–H and O–H groups in total. The van der Waals surface area contributed by atoms with E-state index in [1.165, 1.54) is 6.21 Å². The number of halogens is 2. The van der Waals surface area contributed by atoms with Crippen LogP contribution < -0.4 is 10.6 Å². The highest BCUT2D eigenvalue weighted by atomic mass is 79.9. The molecule has 2 atom stereocenters. The van der Waals surface area contributed by atoms with Crippen molar-refractivity contribution < 1.29 is 14.2 Å². The quantitative estimate of drug-likeness (QED) is 0.398. The predicted octanol–water partition coefficient (Wildman–Crippen LogP) is 4.92. The second-order valence-electron chi connectivity index (χ2n) is 7.75. The molecule has 32 heavy (non-hydrogen) atoms. The first-order valence-corrected chi connectivity index (χ1v) is 12.1. The minimum atomic E-state index is -0.148. The normalized spacial score (nSPS) is 21.3. The largest absolute Gasteiger partial charge is 0.360 e. The summed E-state index contributed by atoms with van der Waals surface area (Å²) >= 11 is 9.98. The van der Waals surface area contributed by atoms with Crippen molar-refractivity contribution >= 4 is 51.1 Å².